The van der Waals surface area contributed by atoms with Crippen LogP contribution < -0.4 is 11.1 Å². The van der Waals surface area contributed by atoms with Crippen molar-refractivity contribution in [1.29, 1.82) is 0 Å². The van der Waals surface area contributed by atoms with E-state index >= 15 is 0 Å². The van der Waals surface area contributed by atoms with E-state index in [2.05, 4.69) is 17.4 Å². The Hall–Kier alpha value is -2.74. The number of nitrogen functional groups attached to an aromatic ring is 1. The van der Waals surface area contributed by atoms with Crippen molar-refractivity contribution in [3.05, 3.63) is 75.2 Å². The van der Waals surface area contributed by atoms with E-state index in [-0.39, 0.29) is 11.3 Å². The fourth-order valence-corrected chi connectivity index (χ4v) is 5.64. The van der Waals surface area contributed by atoms with Crippen molar-refractivity contribution >= 4 is 28.6 Å². The SMILES string of the molecule is Nc1ccccc1NC(=O)c1ccc(C2(c3nc4c(s3)COCC4)CCOCC2)cc1. The number of hydrogen-bond acceptors (Lipinski definition) is 6. The first kappa shape index (κ1) is 20.2. The van der Waals surface area contributed by atoms with Crippen LogP contribution >= 0.6 is 11.3 Å². The number of amides is 1. The largest absolute Gasteiger partial charge is 0.397 e. The summed E-state index contributed by atoms with van der Waals surface area (Å²) in [5.41, 5.74) is 9.89. The van der Waals surface area contributed by atoms with Gasteiger partial charge in [-0.15, -0.1) is 11.3 Å². The third-order valence-corrected chi connectivity index (χ3v) is 7.43. The molecule has 2 aliphatic rings. The van der Waals surface area contributed by atoms with Gasteiger partial charge in [-0.3, -0.25) is 4.79 Å². The number of aromatic nitrogens is 1. The molecule has 7 heteroatoms. The van der Waals surface area contributed by atoms with Gasteiger partial charge in [0.1, 0.15) is 5.01 Å². The number of carbonyl (C=O) groups is 1. The molecule has 2 aliphatic heterocycles. The predicted molar refractivity (Wildman–Crippen MR) is 122 cm³/mol. The molecule has 3 aromatic rings. The van der Waals surface area contributed by atoms with Crippen molar-refractivity contribution in [3.63, 3.8) is 0 Å². The highest BCUT2D eigenvalue weighted by Gasteiger charge is 2.40. The average Bonchev–Trinajstić information content (AvgIpc) is 3.26. The summed E-state index contributed by atoms with van der Waals surface area (Å²) in [4.78, 5) is 19.0. The number of benzene rings is 2. The Morgan fingerprint density at radius 2 is 1.81 bits per heavy atom. The lowest BCUT2D eigenvalue weighted by atomic mass is 9.74. The first-order valence-corrected chi connectivity index (χ1v) is 11.4. The number of fused-ring (bicyclic) bond motifs is 1. The molecule has 3 N–H and O–H groups in total. The highest BCUT2D eigenvalue weighted by atomic mass is 32.1. The summed E-state index contributed by atoms with van der Waals surface area (Å²) in [6.45, 7) is 2.80. The number of nitrogens with one attached hydrogen (secondary N) is 1. The van der Waals surface area contributed by atoms with Crippen LogP contribution in [-0.4, -0.2) is 30.7 Å². The molecule has 31 heavy (non-hydrogen) atoms. The van der Waals surface area contributed by atoms with E-state index in [1.807, 2.05) is 24.3 Å². The van der Waals surface area contributed by atoms with Crippen LogP contribution in [-0.2, 0) is 27.9 Å². The number of anilines is 2. The molecule has 0 saturated carbocycles. The minimum Gasteiger partial charge on any atom is -0.397 e. The van der Waals surface area contributed by atoms with Gasteiger partial charge < -0.3 is 20.5 Å². The standard InChI is InChI=1S/C24H25N3O3S/c25-18-3-1-2-4-19(18)26-22(28)16-5-7-17(8-6-16)24(10-13-29-14-11-24)23-27-20-9-12-30-15-21(20)31-23/h1-8H,9-15,25H2,(H,26,28). The van der Waals surface area contributed by atoms with Crippen LogP contribution in [0.2, 0.25) is 0 Å². The summed E-state index contributed by atoms with van der Waals surface area (Å²) >= 11 is 1.76. The quantitative estimate of drug-likeness (QED) is 0.602. The van der Waals surface area contributed by atoms with E-state index in [0.717, 1.165) is 30.9 Å². The number of thiazole rings is 1. The second kappa shape index (κ2) is 8.42. The van der Waals surface area contributed by atoms with Crippen molar-refractivity contribution in [3.8, 4) is 0 Å². The maximum Gasteiger partial charge on any atom is 0.255 e. The highest BCUT2D eigenvalue weighted by molar-refractivity contribution is 7.12. The smallest absolute Gasteiger partial charge is 0.255 e. The van der Waals surface area contributed by atoms with Crippen LogP contribution in [0.25, 0.3) is 0 Å². The van der Waals surface area contributed by atoms with Crippen LogP contribution in [0.3, 0.4) is 0 Å². The molecule has 160 valence electrons. The molecule has 5 rings (SSSR count). The van der Waals surface area contributed by atoms with Crippen molar-refractivity contribution < 1.29 is 14.3 Å². The van der Waals surface area contributed by atoms with Gasteiger partial charge in [0.2, 0.25) is 0 Å². The maximum absolute atomic E-state index is 12.7. The molecule has 1 saturated heterocycles. The van der Waals surface area contributed by atoms with Crippen LogP contribution in [0.15, 0.2) is 48.5 Å². The summed E-state index contributed by atoms with van der Waals surface area (Å²) in [5, 5.41) is 4.03. The van der Waals surface area contributed by atoms with Gasteiger partial charge in [0.05, 0.1) is 40.6 Å². The first-order valence-electron chi connectivity index (χ1n) is 10.6. The molecule has 3 heterocycles. The summed E-state index contributed by atoms with van der Waals surface area (Å²) < 4.78 is 11.3. The fourth-order valence-electron chi connectivity index (χ4n) is 4.32. The molecule has 1 fully saturated rings. The van der Waals surface area contributed by atoms with Gasteiger partial charge in [-0.2, -0.15) is 0 Å². The van der Waals surface area contributed by atoms with Gasteiger partial charge in [-0.05, 0) is 42.7 Å². The summed E-state index contributed by atoms with van der Waals surface area (Å²) in [6.07, 6.45) is 2.64. The number of ether oxygens (including phenoxy) is 2. The van der Waals surface area contributed by atoms with Gasteiger partial charge >= 0.3 is 0 Å². The van der Waals surface area contributed by atoms with Gasteiger partial charge in [-0.25, -0.2) is 4.98 Å². The van der Waals surface area contributed by atoms with E-state index < -0.39 is 0 Å². The molecule has 0 radical (unpaired) electrons. The summed E-state index contributed by atoms with van der Waals surface area (Å²) in [7, 11) is 0. The zero-order valence-electron chi connectivity index (χ0n) is 17.2. The number of nitrogens with zero attached hydrogens (tertiary/aromatic N) is 1. The van der Waals surface area contributed by atoms with Crippen LogP contribution in [0.1, 0.15) is 44.3 Å². The number of para-hydroxylation sites is 2. The summed E-state index contributed by atoms with van der Waals surface area (Å²) in [5.74, 6) is -0.174. The molecular formula is C24H25N3O3S. The van der Waals surface area contributed by atoms with Crippen molar-refractivity contribution in [2.45, 2.75) is 31.3 Å². The number of hydrogen-bond donors (Lipinski definition) is 2. The van der Waals surface area contributed by atoms with Crippen LogP contribution in [0.4, 0.5) is 11.4 Å². The summed E-state index contributed by atoms with van der Waals surface area (Å²) in [6, 6.07) is 15.2. The van der Waals surface area contributed by atoms with E-state index in [9.17, 15) is 4.79 Å². The minimum absolute atomic E-state index is 0.174. The van der Waals surface area contributed by atoms with Gasteiger partial charge in [0.15, 0.2) is 0 Å². The lowest BCUT2D eigenvalue weighted by Crippen LogP contribution is -2.35. The molecule has 0 atom stereocenters. The van der Waals surface area contributed by atoms with Crippen molar-refractivity contribution in [2.24, 2.45) is 0 Å². The molecule has 0 spiro atoms. The van der Waals surface area contributed by atoms with Crippen molar-refractivity contribution in [1.82, 2.24) is 4.98 Å². The van der Waals surface area contributed by atoms with Crippen LogP contribution in [0, 0.1) is 0 Å². The monoisotopic (exact) mass is 435 g/mol. The average molecular weight is 436 g/mol. The molecule has 1 aromatic heterocycles. The Labute approximate surface area is 185 Å². The fraction of sp³-hybridized carbons (Fsp3) is 0.333. The van der Waals surface area contributed by atoms with Crippen LogP contribution in [0.5, 0.6) is 0 Å². The molecule has 0 bridgehead atoms. The van der Waals surface area contributed by atoms with Gasteiger partial charge in [0, 0.05) is 25.2 Å². The Kier molecular flexibility index (Phi) is 5.48. The minimum atomic E-state index is -0.181. The molecule has 0 unspecified atom stereocenters. The third kappa shape index (κ3) is 3.84. The van der Waals surface area contributed by atoms with E-state index in [4.69, 9.17) is 20.2 Å². The second-order valence-corrected chi connectivity index (χ2v) is 9.09. The lowest BCUT2D eigenvalue weighted by molar-refractivity contribution is 0.0629. The molecule has 0 aliphatic carbocycles. The maximum atomic E-state index is 12.7. The highest BCUT2D eigenvalue weighted by Crippen LogP contribution is 2.44. The molecule has 1 amide bonds. The van der Waals surface area contributed by atoms with Crippen molar-refractivity contribution in [2.75, 3.05) is 30.9 Å². The van der Waals surface area contributed by atoms with Gasteiger partial charge in [0.25, 0.3) is 5.91 Å². The number of rotatable bonds is 4. The molecule has 2 aromatic carbocycles. The van der Waals surface area contributed by atoms with Gasteiger partial charge in [-0.1, -0.05) is 24.3 Å². The molecular weight excluding hydrogens is 410 g/mol. The number of nitrogens with two attached hydrogens (primary N) is 1. The Balaban J connectivity index is 1.43. The predicted octanol–water partition coefficient (Wildman–Crippen LogP) is 4.15. The zero-order valence-corrected chi connectivity index (χ0v) is 18.0. The van der Waals surface area contributed by atoms with E-state index in [0.29, 0.717) is 36.8 Å². The Morgan fingerprint density at radius 1 is 1.03 bits per heavy atom. The normalized spacial score (nSPS) is 17.7. The van der Waals surface area contributed by atoms with E-state index in [1.165, 1.54) is 16.1 Å². The second-order valence-electron chi connectivity index (χ2n) is 8.00. The Morgan fingerprint density at radius 3 is 2.55 bits per heavy atom. The first-order chi connectivity index (χ1) is 15.2. The third-order valence-electron chi connectivity index (χ3n) is 6.16. The Bertz CT molecular complexity index is 1060. The number of carbonyl (C=O) groups excluding carboxylic acids is 1. The zero-order chi connectivity index (χ0) is 21.3. The molecule has 6 nitrogen and oxygen atoms in total. The van der Waals surface area contributed by atoms with E-state index in [1.54, 1.807) is 23.5 Å². The lowest BCUT2D eigenvalue weighted by Gasteiger charge is -2.36. The topological polar surface area (TPSA) is 86.5 Å².